The Morgan fingerprint density at radius 1 is 1.26 bits per heavy atom. The summed E-state index contributed by atoms with van der Waals surface area (Å²) in [6.45, 7) is 4.52. The molecule has 1 aromatic carbocycles. The molecular weight excluding hydrogens is 291 g/mol. The van der Waals surface area contributed by atoms with Crippen molar-refractivity contribution in [1.29, 1.82) is 0 Å². The zero-order valence-electron chi connectivity index (χ0n) is 13.5. The van der Waals surface area contributed by atoms with Crippen LogP contribution in [0.3, 0.4) is 0 Å². The summed E-state index contributed by atoms with van der Waals surface area (Å²) in [5.74, 6) is 1.30. The highest BCUT2D eigenvalue weighted by Crippen LogP contribution is 2.34. The highest BCUT2D eigenvalue weighted by Gasteiger charge is 2.36. The summed E-state index contributed by atoms with van der Waals surface area (Å²) in [5.41, 5.74) is 3.10. The van der Waals surface area contributed by atoms with Gasteiger partial charge in [-0.2, -0.15) is 0 Å². The highest BCUT2D eigenvalue weighted by atomic mass is 16.5. The second-order valence-corrected chi connectivity index (χ2v) is 6.11. The lowest BCUT2D eigenvalue weighted by Crippen LogP contribution is -2.19. The van der Waals surface area contributed by atoms with Crippen LogP contribution in [0, 0.1) is 5.92 Å². The monoisotopic (exact) mass is 314 g/mol. The Morgan fingerprint density at radius 2 is 2.09 bits per heavy atom. The first kappa shape index (κ1) is 16.3. The molecule has 1 aliphatic carbocycles. The van der Waals surface area contributed by atoms with Crippen LogP contribution in [0.25, 0.3) is 0 Å². The number of benzene rings is 1. The number of fused-ring (bicyclic) bond motifs is 1. The van der Waals surface area contributed by atoms with Gasteiger partial charge in [0.1, 0.15) is 0 Å². The molecule has 1 aromatic rings. The van der Waals surface area contributed by atoms with Crippen LogP contribution in [-0.2, 0) is 20.7 Å². The predicted octanol–water partition coefficient (Wildman–Crippen LogP) is 2.88. The zero-order chi connectivity index (χ0) is 16.1. The van der Waals surface area contributed by atoms with Gasteiger partial charge in [-0.25, -0.2) is 0 Å². The van der Waals surface area contributed by atoms with Crippen molar-refractivity contribution in [1.82, 2.24) is 0 Å². The first-order valence-electron chi connectivity index (χ1n) is 8.22. The minimum absolute atomic E-state index is 0.423. The molecule has 1 fully saturated rings. The zero-order valence-corrected chi connectivity index (χ0v) is 13.5. The van der Waals surface area contributed by atoms with Crippen LogP contribution < -0.4 is 0 Å². The van der Waals surface area contributed by atoms with Gasteiger partial charge in [0, 0.05) is 18.3 Å². The van der Waals surface area contributed by atoms with E-state index in [4.69, 9.17) is 14.1 Å². The number of ether oxygens (including phenoxy) is 2. The van der Waals surface area contributed by atoms with E-state index in [9.17, 15) is 5.02 Å². The molecular formula is C18H23BO4. The summed E-state index contributed by atoms with van der Waals surface area (Å²) >= 11 is 0. The molecule has 1 unspecified atom stereocenters. The first-order chi connectivity index (χ1) is 11.2. The van der Waals surface area contributed by atoms with Crippen LogP contribution >= 0.6 is 0 Å². The average molecular weight is 314 g/mol. The van der Waals surface area contributed by atoms with Crippen LogP contribution in [0.15, 0.2) is 53.2 Å². The topological polar surface area (TPSA) is 47.9 Å². The molecule has 122 valence electrons. The van der Waals surface area contributed by atoms with Gasteiger partial charge in [-0.05, 0) is 17.1 Å². The normalized spacial score (nSPS) is 20.5. The van der Waals surface area contributed by atoms with Crippen LogP contribution in [0.2, 0.25) is 0 Å². The standard InChI is InChI=1S/C18H23BO4/c1-14-10-16-13-23-19(20)18(16)17(11-14)22-9-5-8-21-12-15-6-3-2-4-7-15/h2-4,6-7,10,14,20H,5,8-9,11-13H2,1H3. The van der Waals surface area contributed by atoms with E-state index in [1.165, 1.54) is 5.56 Å². The van der Waals surface area contributed by atoms with Gasteiger partial charge in [0.05, 0.1) is 32.2 Å². The van der Waals surface area contributed by atoms with E-state index in [0.717, 1.165) is 29.6 Å². The van der Waals surface area contributed by atoms with Crippen molar-refractivity contribution in [2.75, 3.05) is 19.8 Å². The molecule has 4 nitrogen and oxygen atoms in total. The maximum Gasteiger partial charge on any atom is 0.495 e. The minimum Gasteiger partial charge on any atom is -0.498 e. The summed E-state index contributed by atoms with van der Waals surface area (Å²) in [6, 6.07) is 10.1. The lowest BCUT2D eigenvalue weighted by Gasteiger charge is -2.21. The Labute approximate surface area is 137 Å². The quantitative estimate of drug-likeness (QED) is 0.621. The molecule has 5 heteroatoms. The second kappa shape index (κ2) is 7.82. The number of hydrogen-bond acceptors (Lipinski definition) is 4. The maximum absolute atomic E-state index is 9.92. The number of hydrogen-bond donors (Lipinski definition) is 1. The minimum atomic E-state index is -0.835. The van der Waals surface area contributed by atoms with Gasteiger partial charge < -0.3 is 19.2 Å². The van der Waals surface area contributed by atoms with Gasteiger partial charge in [-0.3, -0.25) is 0 Å². The van der Waals surface area contributed by atoms with Crippen LogP contribution in [0.5, 0.6) is 0 Å². The van der Waals surface area contributed by atoms with Crippen molar-refractivity contribution in [3.8, 4) is 0 Å². The molecule has 1 aliphatic heterocycles. The van der Waals surface area contributed by atoms with Crippen molar-refractivity contribution < 1.29 is 19.2 Å². The molecule has 2 aliphatic rings. The summed E-state index contributed by atoms with van der Waals surface area (Å²) in [7, 11) is -0.835. The molecule has 3 rings (SSSR count). The third-order valence-electron chi connectivity index (χ3n) is 4.10. The molecule has 0 aromatic heterocycles. The molecule has 1 N–H and O–H groups in total. The van der Waals surface area contributed by atoms with E-state index >= 15 is 0 Å². The van der Waals surface area contributed by atoms with E-state index in [1.807, 2.05) is 18.2 Å². The van der Waals surface area contributed by atoms with Crippen molar-refractivity contribution in [2.24, 2.45) is 5.92 Å². The molecule has 0 spiro atoms. The number of allylic oxidation sites excluding steroid dienone is 2. The van der Waals surface area contributed by atoms with E-state index in [1.54, 1.807) is 0 Å². The SMILES string of the molecule is CC1C=C2COB(O)C2=C(OCCCOCc2ccccc2)C1. The summed E-state index contributed by atoms with van der Waals surface area (Å²) in [5, 5.41) is 9.92. The van der Waals surface area contributed by atoms with Gasteiger partial charge in [-0.1, -0.05) is 43.3 Å². The summed E-state index contributed by atoms with van der Waals surface area (Å²) in [4.78, 5) is 0. The van der Waals surface area contributed by atoms with Gasteiger partial charge in [0.25, 0.3) is 0 Å². The van der Waals surface area contributed by atoms with Crippen LogP contribution in [0.1, 0.15) is 25.3 Å². The van der Waals surface area contributed by atoms with E-state index in [2.05, 4.69) is 25.1 Å². The molecule has 0 bridgehead atoms. The largest absolute Gasteiger partial charge is 0.498 e. The van der Waals surface area contributed by atoms with Gasteiger partial charge in [0.2, 0.25) is 0 Å². The van der Waals surface area contributed by atoms with Crippen LogP contribution in [0.4, 0.5) is 0 Å². The third kappa shape index (κ3) is 4.25. The summed E-state index contributed by atoms with van der Waals surface area (Å²) in [6.07, 6.45) is 3.82. The average Bonchev–Trinajstić information content (AvgIpc) is 2.92. The smallest absolute Gasteiger partial charge is 0.495 e. The third-order valence-corrected chi connectivity index (χ3v) is 4.10. The molecule has 0 saturated carbocycles. The summed E-state index contributed by atoms with van der Waals surface area (Å²) < 4.78 is 16.9. The Bertz CT molecular complexity index is 582. The molecule has 1 atom stereocenters. The predicted molar refractivity (Wildman–Crippen MR) is 89.5 cm³/mol. The lowest BCUT2D eigenvalue weighted by molar-refractivity contribution is 0.0932. The fraction of sp³-hybridized carbons (Fsp3) is 0.444. The van der Waals surface area contributed by atoms with E-state index in [-0.39, 0.29) is 0 Å². The van der Waals surface area contributed by atoms with Crippen molar-refractivity contribution in [3.63, 3.8) is 0 Å². The highest BCUT2D eigenvalue weighted by molar-refractivity contribution is 6.55. The van der Waals surface area contributed by atoms with Crippen LogP contribution in [-0.4, -0.2) is 32.0 Å². The molecule has 0 radical (unpaired) electrons. The Hall–Kier alpha value is -1.56. The number of rotatable bonds is 7. The van der Waals surface area contributed by atoms with Gasteiger partial charge >= 0.3 is 7.12 Å². The van der Waals surface area contributed by atoms with Crippen molar-refractivity contribution in [2.45, 2.75) is 26.4 Å². The Kier molecular flexibility index (Phi) is 5.54. The molecule has 1 heterocycles. The second-order valence-electron chi connectivity index (χ2n) is 6.11. The lowest BCUT2D eigenvalue weighted by atomic mass is 9.72. The van der Waals surface area contributed by atoms with Crippen molar-refractivity contribution >= 4 is 7.12 Å². The van der Waals surface area contributed by atoms with Gasteiger partial charge in [-0.15, -0.1) is 0 Å². The molecule has 0 amide bonds. The van der Waals surface area contributed by atoms with Gasteiger partial charge in [0.15, 0.2) is 0 Å². The maximum atomic E-state index is 9.92. The molecule has 23 heavy (non-hydrogen) atoms. The Morgan fingerprint density at radius 3 is 2.91 bits per heavy atom. The van der Waals surface area contributed by atoms with E-state index in [0.29, 0.717) is 32.3 Å². The fourth-order valence-electron chi connectivity index (χ4n) is 3.01. The van der Waals surface area contributed by atoms with Crippen molar-refractivity contribution in [3.05, 3.63) is 58.8 Å². The Balaban J connectivity index is 1.42. The fourth-order valence-corrected chi connectivity index (χ4v) is 3.01. The molecule has 1 saturated heterocycles. The first-order valence-corrected chi connectivity index (χ1v) is 8.22. The van der Waals surface area contributed by atoms with E-state index < -0.39 is 7.12 Å².